The number of halogens is 1. The molecule has 0 heterocycles. The Hall–Kier alpha value is -1.54. The number of carbonyl (C=O) groups excluding carboxylic acids is 1. The van der Waals surface area contributed by atoms with Crippen LogP contribution in [0, 0.1) is 6.92 Å². The lowest BCUT2D eigenvalue weighted by atomic mass is 10.0. The van der Waals surface area contributed by atoms with Gasteiger partial charge in [0, 0.05) is 12.3 Å². The van der Waals surface area contributed by atoms with E-state index in [4.69, 9.17) is 11.6 Å². The predicted octanol–water partition coefficient (Wildman–Crippen LogP) is 3.76. The Bertz CT molecular complexity index is 563. The topological polar surface area (TPSA) is 29.1 Å². The zero-order chi connectivity index (χ0) is 11.7. The van der Waals surface area contributed by atoms with Crippen molar-refractivity contribution in [1.82, 2.24) is 0 Å². The molecule has 2 rings (SSSR count). The summed E-state index contributed by atoms with van der Waals surface area (Å²) in [4.78, 5) is 11.1. The summed E-state index contributed by atoms with van der Waals surface area (Å²) >= 11 is 6.14. The molecule has 0 saturated carbocycles. The summed E-state index contributed by atoms with van der Waals surface area (Å²) in [6, 6.07) is 9.76. The number of amides is 1. The van der Waals surface area contributed by atoms with Crippen LogP contribution in [0.3, 0.4) is 0 Å². The quantitative estimate of drug-likeness (QED) is 0.798. The molecule has 0 unspecified atom stereocenters. The smallest absolute Gasteiger partial charge is 0.221 e. The Morgan fingerprint density at radius 2 is 1.88 bits per heavy atom. The predicted molar refractivity (Wildman–Crippen MR) is 68.0 cm³/mol. The van der Waals surface area contributed by atoms with Crippen molar-refractivity contribution < 1.29 is 4.79 Å². The minimum atomic E-state index is -0.115. The molecule has 0 fully saturated rings. The number of hydrogen-bond acceptors (Lipinski definition) is 1. The van der Waals surface area contributed by atoms with Gasteiger partial charge in [-0.25, -0.2) is 0 Å². The Morgan fingerprint density at radius 1 is 1.25 bits per heavy atom. The van der Waals surface area contributed by atoms with E-state index in [1.54, 1.807) is 0 Å². The summed E-state index contributed by atoms with van der Waals surface area (Å²) in [5, 5.41) is 5.43. The first-order valence-electron chi connectivity index (χ1n) is 5.05. The van der Waals surface area contributed by atoms with Crippen LogP contribution in [0.2, 0.25) is 5.02 Å². The summed E-state index contributed by atoms with van der Waals surface area (Å²) in [5.74, 6) is -0.115. The van der Waals surface area contributed by atoms with E-state index in [0.29, 0.717) is 10.7 Å². The lowest BCUT2D eigenvalue weighted by Gasteiger charge is -2.11. The highest BCUT2D eigenvalue weighted by atomic mass is 35.5. The molecule has 0 radical (unpaired) electrons. The Morgan fingerprint density at radius 3 is 2.50 bits per heavy atom. The van der Waals surface area contributed by atoms with Crippen LogP contribution < -0.4 is 5.32 Å². The molecule has 3 heteroatoms. The van der Waals surface area contributed by atoms with Crippen LogP contribution in [0.1, 0.15) is 12.5 Å². The second-order valence-corrected chi connectivity index (χ2v) is 4.18. The molecule has 0 aliphatic rings. The van der Waals surface area contributed by atoms with Gasteiger partial charge in [0.15, 0.2) is 0 Å². The van der Waals surface area contributed by atoms with Crippen molar-refractivity contribution in [2.45, 2.75) is 13.8 Å². The third-order valence-electron chi connectivity index (χ3n) is 2.50. The Balaban J connectivity index is 2.76. The van der Waals surface area contributed by atoms with Gasteiger partial charge in [0.1, 0.15) is 0 Å². The fraction of sp³-hybridized carbons (Fsp3) is 0.154. The maximum absolute atomic E-state index is 11.1. The monoisotopic (exact) mass is 233 g/mol. The molecule has 0 bridgehead atoms. The van der Waals surface area contributed by atoms with Crippen molar-refractivity contribution in [3.8, 4) is 0 Å². The number of anilines is 1. The van der Waals surface area contributed by atoms with Crippen molar-refractivity contribution in [2.75, 3.05) is 5.32 Å². The van der Waals surface area contributed by atoms with E-state index >= 15 is 0 Å². The second-order valence-electron chi connectivity index (χ2n) is 3.78. The molecule has 16 heavy (non-hydrogen) atoms. The first-order valence-corrected chi connectivity index (χ1v) is 5.43. The third-order valence-corrected chi connectivity index (χ3v) is 2.80. The fourth-order valence-corrected chi connectivity index (χ4v) is 2.13. The van der Waals surface area contributed by atoms with Crippen molar-refractivity contribution in [2.24, 2.45) is 0 Å². The van der Waals surface area contributed by atoms with Crippen LogP contribution in [0.15, 0.2) is 30.3 Å². The molecular weight excluding hydrogens is 222 g/mol. The van der Waals surface area contributed by atoms with Crippen LogP contribution in [0.4, 0.5) is 5.69 Å². The van der Waals surface area contributed by atoms with Crippen molar-refractivity contribution in [1.29, 1.82) is 0 Å². The molecular formula is C13H12ClNO. The van der Waals surface area contributed by atoms with E-state index < -0.39 is 0 Å². The van der Waals surface area contributed by atoms with E-state index in [1.807, 2.05) is 37.3 Å². The minimum absolute atomic E-state index is 0.115. The Kier molecular flexibility index (Phi) is 2.84. The van der Waals surface area contributed by atoms with Gasteiger partial charge in [0.05, 0.1) is 10.7 Å². The van der Waals surface area contributed by atoms with E-state index in [-0.39, 0.29) is 5.91 Å². The van der Waals surface area contributed by atoms with Gasteiger partial charge < -0.3 is 5.32 Å². The molecule has 2 aromatic carbocycles. The zero-order valence-corrected chi connectivity index (χ0v) is 9.93. The van der Waals surface area contributed by atoms with E-state index in [2.05, 4.69) is 5.32 Å². The van der Waals surface area contributed by atoms with E-state index in [0.717, 1.165) is 16.3 Å². The lowest BCUT2D eigenvalue weighted by molar-refractivity contribution is -0.114. The number of carbonyl (C=O) groups is 1. The summed E-state index contributed by atoms with van der Waals surface area (Å²) in [5.41, 5.74) is 1.80. The standard InChI is InChI=1S/C13H12ClNO/c1-8-7-12(14)13(15-9(2)16)11-6-4-3-5-10(8)11/h3-7H,1-2H3,(H,15,16). The van der Waals surface area contributed by atoms with Gasteiger partial charge in [-0.15, -0.1) is 0 Å². The van der Waals surface area contributed by atoms with Crippen LogP contribution >= 0.6 is 11.6 Å². The minimum Gasteiger partial charge on any atom is -0.325 e. The van der Waals surface area contributed by atoms with Crippen molar-refractivity contribution >= 4 is 34.0 Å². The number of benzene rings is 2. The van der Waals surface area contributed by atoms with Crippen LogP contribution in [-0.2, 0) is 4.79 Å². The van der Waals surface area contributed by atoms with Gasteiger partial charge in [-0.2, -0.15) is 0 Å². The van der Waals surface area contributed by atoms with Gasteiger partial charge in [-0.1, -0.05) is 35.9 Å². The lowest BCUT2D eigenvalue weighted by Crippen LogP contribution is -2.07. The maximum Gasteiger partial charge on any atom is 0.221 e. The van der Waals surface area contributed by atoms with Gasteiger partial charge in [0.2, 0.25) is 5.91 Å². The number of fused-ring (bicyclic) bond motifs is 1. The molecule has 1 N–H and O–H groups in total. The number of nitrogens with one attached hydrogen (secondary N) is 1. The Labute approximate surface area is 99.2 Å². The normalized spacial score (nSPS) is 10.4. The van der Waals surface area contributed by atoms with Gasteiger partial charge in [-0.3, -0.25) is 4.79 Å². The molecule has 0 atom stereocenters. The first-order chi connectivity index (χ1) is 7.59. The molecule has 0 aromatic heterocycles. The summed E-state index contributed by atoms with van der Waals surface area (Å²) in [7, 11) is 0. The highest BCUT2D eigenvalue weighted by Crippen LogP contribution is 2.33. The van der Waals surface area contributed by atoms with Gasteiger partial charge in [-0.05, 0) is 23.9 Å². The average Bonchev–Trinajstić information content (AvgIpc) is 2.24. The molecule has 2 aromatic rings. The molecule has 1 amide bonds. The van der Waals surface area contributed by atoms with E-state index in [1.165, 1.54) is 6.92 Å². The maximum atomic E-state index is 11.1. The fourth-order valence-electron chi connectivity index (χ4n) is 1.82. The zero-order valence-electron chi connectivity index (χ0n) is 9.17. The summed E-state index contributed by atoms with van der Waals surface area (Å²) in [6.07, 6.45) is 0. The number of rotatable bonds is 1. The van der Waals surface area contributed by atoms with Crippen LogP contribution in [-0.4, -0.2) is 5.91 Å². The summed E-state index contributed by atoms with van der Waals surface area (Å²) in [6.45, 7) is 3.48. The average molecular weight is 234 g/mol. The van der Waals surface area contributed by atoms with Gasteiger partial charge >= 0.3 is 0 Å². The molecule has 0 aliphatic heterocycles. The van der Waals surface area contributed by atoms with Crippen molar-refractivity contribution in [3.63, 3.8) is 0 Å². The third kappa shape index (κ3) is 1.89. The molecule has 82 valence electrons. The summed E-state index contributed by atoms with van der Waals surface area (Å²) < 4.78 is 0. The molecule has 0 spiro atoms. The van der Waals surface area contributed by atoms with Crippen LogP contribution in [0.5, 0.6) is 0 Å². The van der Waals surface area contributed by atoms with Crippen molar-refractivity contribution in [3.05, 3.63) is 40.9 Å². The molecule has 0 aliphatic carbocycles. The van der Waals surface area contributed by atoms with Crippen LogP contribution in [0.25, 0.3) is 10.8 Å². The molecule has 0 saturated heterocycles. The number of hydrogen-bond donors (Lipinski definition) is 1. The van der Waals surface area contributed by atoms with Gasteiger partial charge in [0.25, 0.3) is 0 Å². The van der Waals surface area contributed by atoms with E-state index in [9.17, 15) is 4.79 Å². The first kappa shape index (κ1) is 11.0. The second kappa shape index (κ2) is 4.14. The number of aryl methyl sites for hydroxylation is 1. The largest absolute Gasteiger partial charge is 0.325 e. The highest BCUT2D eigenvalue weighted by molar-refractivity contribution is 6.35. The highest BCUT2D eigenvalue weighted by Gasteiger charge is 2.09. The SMILES string of the molecule is CC(=O)Nc1c(Cl)cc(C)c2ccccc12. The molecule has 2 nitrogen and oxygen atoms in total.